The first-order valence-corrected chi connectivity index (χ1v) is 9.71. The van der Waals surface area contributed by atoms with Crippen molar-refractivity contribution in [1.82, 2.24) is 10.2 Å². The third-order valence-corrected chi connectivity index (χ3v) is 5.71. The van der Waals surface area contributed by atoms with Gasteiger partial charge in [0.15, 0.2) is 0 Å². The number of ether oxygens (including phenoxy) is 1. The highest BCUT2D eigenvalue weighted by molar-refractivity contribution is 8.00. The Labute approximate surface area is 139 Å². The first-order chi connectivity index (χ1) is 10.3. The molecule has 0 aromatic heterocycles. The first-order valence-electron chi connectivity index (χ1n) is 8.66. The fraction of sp³-hybridized carbons (Fsp3) is 0.941. The summed E-state index contributed by atoms with van der Waals surface area (Å²) in [5.74, 6) is 1.86. The summed E-state index contributed by atoms with van der Waals surface area (Å²) >= 11 is 2.07. The van der Waals surface area contributed by atoms with Crippen molar-refractivity contribution in [2.24, 2.45) is 5.92 Å². The van der Waals surface area contributed by atoms with E-state index >= 15 is 0 Å². The summed E-state index contributed by atoms with van der Waals surface area (Å²) in [5.41, 5.74) is -0.400. The van der Waals surface area contributed by atoms with Gasteiger partial charge in [-0.2, -0.15) is 11.8 Å². The molecule has 128 valence electrons. The minimum Gasteiger partial charge on any atom is -0.444 e. The summed E-state index contributed by atoms with van der Waals surface area (Å²) < 4.78 is 5.49. The Morgan fingerprint density at radius 2 is 2.18 bits per heavy atom. The molecule has 4 nitrogen and oxygen atoms in total. The molecule has 1 amide bonds. The molecule has 0 saturated carbocycles. The van der Waals surface area contributed by atoms with E-state index in [9.17, 15) is 4.79 Å². The van der Waals surface area contributed by atoms with Crippen molar-refractivity contribution in [1.29, 1.82) is 0 Å². The van der Waals surface area contributed by atoms with E-state index in [1.54, 1.807) is 0 Å². The molecular weight excluding hydrogens is 296 g/mol. The molecule has 0 spiro atoms. The fourth-order valence-corrected chi connectivity index (χ4v) is 4.43. The summed E-state index contributed by atoms with van der Waals surface area (Å²) in [6, 6.07) is 0.686. The zero-order valence-corrected chi connectivity index (χ0v) is 15.4. The number of likely N-dealkylation sites (tertiary alicyclic amines) is 1. The SMILES string of the molecule is CC1CC(NCCC2CCCN(C(=O)OC(C)(C)C)C2)CS1. The van der Waals surface area contributed by atoms with Gasteiger partial charge in [0.2, 0.25) is 0 Å². The monoisotopic (exact) mass is 328 g/mol. The van der Waals surface area contributed by atoms with Gasteiger partial charge in [-0.1, -0.05) is 6.92 Å². The van der Waals surface area contributed by atoms with Crippen LogP contribution in [-0.4, -0.2) is 53.3 Å². The standard InChI is InChI=1S/C17H32N2O2S/c1-13-10-15(12-22-13)18-8-7-14-6-5-9-19(11-14)16(20)21-17(2,3)4/h13-15,18H,5-12H2,1-4H3. The lowest BCUT2D eigenvalue weighted by Crippen LogP contribution is -2.43. The van der Waals surface area contributed by atoms with E-state index in [1.165, 1.54) is 18.6 Å². The maximum atomic E-state index is 12.2. The molecule has 2 saturated heterocycles. The highest BCUT2D eigenvalue weighted by atomic mass is 32.2. The van der Waals surface area contributed by atoms with Crippen LogP contribution in [0.1, 0.15) is 53.4 Å². The number of nitrogens with zero attached hydrogens (tertiary/aromatic N) is 1. The van der Waals surface area contributed by atoms with Gasteiger partial charge >= 0.3 is 6.09 Å². The lowest BCUT2D eigenvalue weighted by molar-refractivity contribution is 0.0161. The number of nitrogens with one attached hydrogen (secondary N) is 1. The van der Waals surface area contributed by atoms with E-state index in [1.807, 2.05) is 25.7 Å². The topological polar surface area (TPSA) is 41.6 Å². The second-order valence-corrected chi connectivity index (χ2v) is 9.23. The van der Waals surface area contributed by atoms with Crippen molar-refractivity contribution >= 4 is 17.9 Å². The number of piperidine rings is 1. The summed E-state index contributed by atoms with van der Waals surface area (Å²) in [7, 11) is 0. The van der Waals surface area contributed by atoms with Crippen molar-refractivity contribution in [2.75, 3.05) is 25.4 Å². The molecule has 5 heteroatoms. The summed E-state index contributed by atoms with van der Waals surface area (Å²) in [5, 5.41) is 4.49. The average Bonchev–Trinajstić information content (AvgIpc) is 2.83. The third-order valence-electron chi connectivity index (χ3n) is 4.35. The highest BCUT2D eigenvalue weighted by Crippen LogP contribution is 2.26. The van der Waals surface area contributed by atoms with Crippen molar-refractivity contribution in [3.05, 3.63) is 0 Å². The number of amides is 1. The van der Waals surface area contributed by atoms with Gasteiger partial charge in [-0.25, -0.2) is 4.79 Å². The average molecular weight is 329 g/mol. The van der Waals surface area contributed by atoms with E-state index in [2.05, 4.69) is 24.0 Å². The van der Waals surface area contributed by atoms with Gasteiger partial charge in [0.1, 0.15) is 5.60 Å². The smallest absolute Gasteiger partial charge is 0.410 e. The first kappa shape index (κ1) is 17.9. The van der Waals surface area contributed by atoms with E-state index in [4.69, 9.17) is 4.74 Å². The van der Waals surface area contributed by atoms with Crippen molar-refractivity contribution in [3.63, 3.8) is 0 Å². The lowest BCUT2D eigenvalue weighted by Gasteiger charge is -2.34. The summed E-state index contributed by atoms with van der Waals surface area (Å²) in [6.45, 7) is 10.9. The van der Waals surface area contributed by atoms with Crippen LogP contribution in [-0.2, 0) is 4.74 Å². The molecule has 2 fully saturated rings. The Hall–Kier alpha value is -0.420. The normalized spacial score (nSPS) is 29.6. The zero-order chi connectivity index (χ0) is 16.2. The number of carbonyl (C=O) groups is 1. The van der Waals surface area contributed by atoms with Crippen LogP contribution in [0.25, 0.3) is 0 Å². The van der Waals surface area contributed by atoms with Crippen molar-refractivity contribution in [3.8, 4) is 0 Å². The van der Waals surface area contributed by atoms with E-state index in [0.29, 0.717) is 12.0 Å². The summed E-state index contributed by atoms with van der Waals surface area (Å²) in [4.78, 5) is 14.1. The Morgan fingerprint density at radius 3 is 2.82 bits per heavy atom. The van der Waals surface area contributed by atoms with Crippen LogP contribution in [0.15, 0.2) is 0 Å². The third kappa shape index (κ3) is 5.99. The van der Waals surface area contributed by atoms with Crippen LogP contribution in [0.4, 0.5) is 4.79 Å². The van der Waals surface area contributed by atoms with E-state index in [0.717, 1.165) is 37.7 Å². The number of rotatable bonds is 4. The number of thioether (sulfide) groups is 1. The Balaban J connectivity index is 1.68. The highest BCUT2D eigenvalue weighted by Gasteiger charge is 2.28. The molecule has 3 atom stereocenters. The van der Waals surface area contributed by atoms with Crippen LogP contribution < -0.4 is 5.32 Å². The molecule has 2 rings (SSSR count). The maximum Gasteiger partial charge on any atom is 0.410 e. The van der Waals surface area contributed by atoms with Crippen molar-refractivity contribution < 1.29 is 9.53 Å². The van der Waals surface area contributed by atoms with Crippen LogP contribution >= 0.6 is 11.8 Å². The van der Waals surface area contributed by atoms with Crippen LogP contribution in [0.2, 0.25) is 0 Å². The van der Waals surface area contributed by atoms with Gasteiger partial charge in [0, 0.05) is 30.1 Å². The number of carbonyl (C=O) groups excluding carboxylic acids is 1. The number of hydrogen-bond acceptors (Lipinski definition) is 4. The molecule has 0 radical (unpaired) electrons. The van der Waals surface area contributed by atoms with Crippen LogP contribution in [0.3, 0.4) is 0 Å². The molecule has 2 aliphatic heterocycles. The van der Waals surface area contributed by atoms with Gasteiger partial charge in [0.25, 0.3) is 0 Å². The molecule has 1 N–H and O–H groups in total. The van der Waals surface area contributed by atoms with E-state index < -0.39 is 5.60 Å². The Kier molecular flexibility index (Phi) is 6.45. The van der Waals surface area contributed by atoms with Crippen molar-refractivity contribution in [2.45, 2.75) is 70.3 Å². The molecule has 2 heterocycles. The van der Waals surface area contributed by atoms with Crippen LogP contribution in [0.5, 0.6) is 0 Å². The van der Waals surface area contributed by atoms with Gasteiger partial charge in [0.05, 0.1) is 0 Å². The van der Waals surface area contributed by atoms with E-state index in [-0.39, 0.29) is 6.09 Å². The zero-order valence-electron chi connectivity index (χ0n) is 14.6. The Morgan fingerprint density at radius 1 is 1.41 bits per heavy atom. The predicted molar refractivity (Wildman–Crippen MR) is 93.5 cm³/mol. The van der Waals surface area contributed by atoms with Gasteiger partial charge in [-0.3, -0.25) is 0 Å². The molecule has 2 aliphatic rings. The Bertz CT molecular complexity index is 370. The molecule has 0 aromatic rings. The van der Waals surface area contributed by atoms with Gasteiger partial charge < -0.3 is 15.0 Å². The second-order valence-electron chi connectivity index (χ2n) is 7.75. The quantitative estimate of drug-likeness (QED) is 0.857. The largest absolute Gasteiger partial charge is 0.444 e. The molecular formula is C17H32N2O2S. The van der Waals surface area contributed by atoms with Gasteiger partial charge in [-0.15, -0.1) is 0 Å². The molecule has 3 unspecified atom stereocenters. The van der Waals surface area contributed by atoms with Gasteiger partial charge in [-0.05, 0) is 58.9 Å². The second kappa shape index (κ2) is 7.91. The predicted octanol–water partition coefficient (Wildman–Crippen LogP) is 3.51. The molecule has 22 heavy (non-hydrogen) atoms. The minimum atomic E-state index is -0.400. The molecule has 0 aromatic carbocycles. The lowest BCUT2D eigenvalue weighted by atomic mass is 9.95. The molecule has 0 bridgehead atoms. The minimum absolute atomic E-state index is 0.147. The molecule has 0 aliphatic carbocycles. The van der Waals surface area contributed by atoms with Crippen LogP contribution in [0, 0.1) is 5.92 Å². The summed E-state index contributed by atoms with van der Waals surface area (Å²) in [6.07, 6.45) is 4.64. The number of hydrogen-bond donors (Lipinski definition) is 1. The fourth-order valence-electron chi connectivity index (χ4n) is 3.24. The maximum absolute atomic E-state index is 12.2.